The Kier molecular flexibility index (Phi) is 2.31. The molecule has 2 heterocycles. The third kappa shape index (κ3) is 1.41. The van der Waals surface area contributed by atoms with Crippen molar-refractivity contribution >= 4 is 33.5 Å². The Morgan fingerprint density at radius 2 is 2.25 bits per heavy atom. The summed E-state index contributed by atoms with van der Waals surface area (Å²) in [4.78, 5) is 22.3. The number of aromatic hydroxyl groups is 1. The Morgan fingerprint density at radius 3 is 2.75 bits per heavy atom. The van der Waals surface area contributed by atoms with Gasteiger partial charge in [-0.25, -0.2) is 4.79 Å². The number of fused-ring (bicyclic) bond motifs is 1. The summed E-state index contributed by atoms with van der Waals surface area (Å²) in [6.07, 6.45) is 0. The number of amides is 1. The monoisotopic (exact) mass is 241 g/mol. The van der Waals surface area contributed by atoms with E-state index in [1.807, 2.05) is 0 Å². The summed E-state index contributed by atoms with van der Waals surface area (Å²) in [5.74, 6) is -2.04. The third-order valence-electron chi connectivity index (χ3n) is 1.95. The lowest BCUT2D eigenvalue weighted by molar-refractivity contribution is 0.0606. The Morgan fingerprint density at radius 1 is 1.56 bits per heavy atom. The average molecular weight is 241 g/mol. The maximum absolute atomic E-state index is 11.2. The van der Waals surface area contributed by atoms with Crippen molar-refractivity contribution in [1.82, 2.24) is 0 Å². The predicted octanol–water partition coefficient (Wildman–Crippen LogP) is 1.09. The lowest BCUT2D eigenvalue weighted by Crippen LogP contribution is -2.09. The maximum atomic E-state index is 11.2. The predicted molar refractivity (Wildman–Crippen MR) is 55.6 cm³/mol. The summed E-state index contributed by atoms with van der Waals surface area (Å²) >= 11 is 0.969. The summed E-state index contributed by atoms with van der Waals surface area (Å²) in [6.45, 7) is 0. The second-order valence-electron chi connectivity index (χ2n) is 2.94. The van der Waals surface area contributed by atoms with Crippen LogP contribution in [-0.4, -0.2) is 24.1 Å². The molecule has 0 aliphatic heterocycles. The molecule has 3 N–H and O–H groups in total. The molecule has 2 aromatic heterocycles. The zero-order valence-corrected chi connectivity index (χ0v) is 8.96. The van der Waals surface area contributed by atoms with Gasteiger partial charge in [0.1, 0.15) is 9.58 Å². The standard InChI is InChI=1S/C9H7NO5S/c1-14-9(13)4-2-3-7(16-4)5(11)6(15-3)8(10)12/h2,11H,1H3,(H2,10,12). The van der Waals surface area contributed by atoms with Gasteiger partial charge in [-0.3, -0.25) is 4.79 Å². The summed E-state index contributed by atoms with van der Waals surface area (Å²) in [5, 5.41) is 9.59. The minimum Gasteiger partial charge on any atom is -0.503 e. The Labute approximate surface area is 93.2 Å². The lowest BCUT2D eigenvalue weighted by Gasteiger charge is -1.92. The number of furan rings is 1. The van der Waals surface area contributed by atoms with Crippen molar-refractivity contribution in [2.45, 2.75) is 0 Å². The first kappa shape index (κ1) is 10.5. The Hall–Kier alpha value is -2.02. The second kappa shape index (κ2) is 3.53. The van der Waals surface area contributed by atoms with E-state index in [0.717, 1.165) is 11.3 Å². The number of rotatable bonds is 2. The molecule has 6 nitrogen and oxygen atoms in total. The molecule has 0 bridgehead atoms. The molecule has 0 saturated heterocycles. The van der Waals surface area contributed by atoms with Gasteiger partial charge >= 0.3 is 5.97 Å². The number of nitrogens with two attached hydrogens (primary N) is 1. The Bertz CT molecular complexity index is 582. The third-order valence-corrected chi connectivity index (χ3v) is 3.05. The molecular weight excluding hydrogens is 234 g/mol. The highest BCUT2D eigenvalue weighted by Gasteiger charge is 2.22. The number of thiophene rings is 1. The van der Waals surface area contributed by atoms with Crippen molar-refractivity contribution in [1.29, 1.82) is 0 Å². The molecule has 84 valence electrons. The van der Waals surface area contributed by atoms with Crippen molar-refractivity contribution in [3.05, 3.63) is 16.7 Å². The van der Waals surface area contributed by atoms with Gasteiger partial charge in [-0.15, -0.1) is 11.3 Å². The first-order valence-electron chi connectivity index (χ1n) is 4.18. The largest absolute Gasteiger partial charge is 0.503 e. The summed E-state index contributed by atoms with van der Waals surface area (Å²) in [7, 11) is 1.25. The summed E-state index contributed by atoms with van der Waals surface area (Å²) < 4.78 is 9.82. The van der Waals surface area contributed by atoms with Crippen LogP contribution in [0, 0.1) is 0 Å². The van der Waals surface area contributed by atoms with Gasteiger partial charge in [-0.2, -0.15) is 0 Å². The van der Waals surface area contributed by atoms with Crippen LogP contribution in [0.1, 0.15) is 20.2 Å². The van der Waals surface area contributed by atoms with E-state index in [4.69, 9.17) is 10.2 Å². The highest BCUT2D eigenvalue weighted by atomic mass is 32.1. The number of primary amides is 1. The molecule has 2 aromatic rings. The van der Waals surface area contributed by atoms with E-state index >= 15 is 0 Å². The molecule has 0 radical (unpaired) electrons. The van der Waals surface area contributed by atoms with Gasteiger partial charge in [0.25, 0.3) is 5.91 Å². The quantitative estimate of drug-likeness (QED) is 0.766. The number of carbonyl (C=O) groups is 2. The molecule has 0 fully saturated rings. The molecule has 1 amide bonds. The van der Waals surface area contributed by atoms with Gasteiger partial charge in [-0.1, -0.05) is 0 Å². The van der Waals surface area contributed by atoms with Gasteiger partial charge in [0.2, 0.25) is 5.76 Å². The molecule has 0 spiro atoms. The van der Waals surface area contributed by atoms with E-state index < -0.39 is 11.9 Å². The van der Waals surface area contributed by atoms with Crippen LogP contribution in [-0.2, 0) is 4.74 Å². The van der Waals surface area contributed by atoms with Crippen LogP contribution in [0.2, 0.25) is 0 Å². The number of carbonyl (C=O) groups excluding carboxylic acids is 2. The summed E-state index contributed by atoms with van der Waals surface area (Å²) in [5.41, 5.74) is 5.22. The van der Waals surface area contributed by atoms with Crippen LogP contribution in [0.3, 0.4) is 0 Å². The van der Waals surface area contributed by atoms with Crippen molar-refractivity contribution < 1.29 is 23.8 Å². The molecule has 0 aromatic carbocycles. The maximum Gasteiger partial charge on any atom is 0.348 e. The van der Waals surface area contributed by atoms with Crippen molar-refractivity contribution in [2.75, 3.05) is 7.11 Å². The fourth-order valence-electron chi connectivity index (χ4n) is 1.24. The number of methoxy groups -OCH3 is 1. The lowest BCUT2D eigenvalue weighted by atomic mass is 10.4. The number of hydrogen-bond donors (Lipinski definition) is 2. The highest BCUT2D eigenvalue weighted by Crippen LogP contribution is 2.38. The van der Waals surface area contributed by atoms with E-state index in [2.05, 4.69) is 4.74 Å². The normalized spacial score (nSPS) is 10.6. The fraction of sp³-hybridized carbons (Fsp3) is 0.111. The van der Waals surface area contributed by atoms with Crippen LogP contribution in [0.15, 0.2) is 10.5 Å². The highest BCUT2D eigenvalue weighted by molar-refractivity contribution is 7.21. The van der Waals surface area contributed by atoms with Crippen LogP contribution >= 0.6 is 11.3 Å². The molecule has 0 saturated carbocycles. The molecule has 16 heavy (non-hydrogen) atoms. The molecule has 0 aliphatic carbocycles. The second-order valence-corrected chi connectivity index (χ2v) is 3.99. The van der Waals surface area contributed by atoms with Gasteiger partial charge in [0.05, 0.1) is 7.11 Å². The molecular formula is C9H7NO5S. The van der Waals surface area contributed by atoms with Crippen LogP contribution in [0.5, 0.6) is 5.75 Å². The van der Waals surface area contributed by atoms with Gasteiger partial charge in [0, 0.05) is 6.07 Å². The van der Waals surface area contributed by atoms with Crippen LogP contribution < -0.4 is 5.73 Å². The fourth-order valence-corrected chi connectivity index (χ4v) is 2.19. The van der Waals surface area contributed by atoms with Crippen molar-refractivity contribution in [2.24, 2.45) is 5.73 Å². The van der Waals surface area contributed by atoms with Crippen LogP contribution in [0.25, 0.3) is 10.3 Å². The minimum atomic E-state index is -0.861. The molecule has 0 aliphatic rings. The van der Waals surface area contributed by atoms with Crippen LogP contribution in [0.4, 0.5) is 0 Å². The van der Waals surface area contributed by atoms with E-state index in [9.17, 15) is 14.7 Å². The van der Waals surface area contributed by atoms with Crippen molar-refractivity contribution in [3.63, 3.8) is 0 Å². The summed E-state index contributed by atoms with van der Waals surface area (Å²) in [6, 6.07) is 1.39. The number of ether oxygens (including phenoxy) is 1. The smallest absolute Gasteiger partial charge is 0.348 e. The molecule has 2 rings (SSSR count). The zero-order chi connectivity index (χ0) is 11.9. The molecule has 7 heteroatoms. The van der Waals surface area contributed by atoms with E-state index in [-0.39, 0.29) is 22.0 Å². The number of hydrogen-bond acceptors (Lipinski definition) is 6. The van der Waals surface area contributed by atoms with E-state index in [0.29, 0.717) is 4.70 Å². The van der Waals surface area contributed by atoms with E-state index in [1.165, 1.54) is 13.2 Å². The topological polar surface area (TPSA) is 103 Å². The van der Waals surface area contributed by atoms with E-state index in [1.54, 1.807) is 0 Å². The zero-order valence-electron chi connectivity index (χ0n) is 8.14. The molecule has 0 atom stereocenters. The van der Waals surface area contributed by atoms with Crippen molar-refractivity contribution in [3.8, 4) is 5.75 Å². The first-order chi connectivity index (χ1) is 7.54. The minimum absolute atomic E-state index is 0.233. The van der Waals surface area contributed by atoms with Gasteiger partial charge in [-0.05, 0) is 0 Å². The van der Waals surface area contributed by atoms with Gasteiger partial charge in [0.15, 0.2) is 11.3 Å². The van der Waals surface area contributed by atoms with Gasteiger partial charge < -0.3 is 20.0 Å². The average Bonchev–Trinajstić information content (AvgIpc) is 2.77. The molecule has 0 unspecified atom stereocenters. The SMILES string of the molecule is COC(=O)c1cc2oc(C(N)=O)c(O)c2s1. The number of esters is 1. The Balaban J connectivity index is 2.58. The first-order valence-corrected chi connectivity index (χ1v) is 4.99.